The highest BCUT2D eigenvalue weighted by molar-refractivity contribution is 7.99. The van der Waals surface area contributed by atoms with E-state index in [2.05, 4.69) is 16.5 Å². The second-order valence-electron chi connectivity index (χ2n) is 10.2. The third-order valence-electron chi connectivity index (χ3n) is 7.50. The molecule has 0 radical (unpaired) electrons. The predicted octanol–water partition coefficient (Wildman–Crippen LogP) is 5.61. The van der Waals surface area contributed by atoms with E-state index in [4.69, 9.17) is 5.73 Å². The predicted molar refractivity (Wildman–Crippen MR) is 156 cm³/mol. The van der Waals surface area contributed by atoms with Crippen LogP contribution in [0.2, 0.25) is 0 Å². The molecule has 0 aliphatic carbocycles. The van der Waals surface area contributed by atoms with Gasteiger partial charge < -0.3 is 15.5 Å². The summed E-state index contributed by atoms with van der Waals surface area (Å²) in [4.78, 5) is 38.5. The fourth-order valence-electron chi connectivity index (χ4n) is 5.66. The van der Waals surface area contributed by atoms with Gasteiger partial charge >= 0.3 is 11.9 Å². The Morgan fingerprint density at radius 1 is 1.18 bits per heavy atom. The highest BCUT2D eigenvalue weighted by Gasteiger charge is 2.41. The number of nitrogens with two attached hydrogens (primary N) is 1. The second-order valence-corrected chi connectivity index (χ2v) is 13.4. The number of anilines is 2. The van der Waals surface area contributed by atoms with E-state index in [1.165, 1.54) is 45.1 Å². The van der Waals surface area contributed by atoms with Crippen molar-refractivity contribution in [3.63, 3.8) is 0 Å². The molecule has 3 atom stereocenters. The lowest BCUT2D eigenvalue weighted by molar-refractivity contribution is -0.137. The van der Waals surface area contributed by atoms with Gasteiger partial charge in [-0.1, -0.05) is 17.9 Å². The quantitative estimate of drug-likeness (QED) is 0.303. The second kappa shape index (κ2) is 9.48. The van der Waals surface area contributed by atoms with Gasteiger partial charge in [0.1, 0.15) is 15.3 Å². The number of nitrogens with zero attached hydrogens (tertiary/aromatic N) is 5. The summed E-state index contributed by atoms with van der Waals surface area (Å²) in [5, 5.41) is 2.23. The number of hydrogen-bond donors (Lipinski definition) is 1. The van der Waals surface area contributed by atoms with Gasteiger partial charge in [-0.25, -0.2) is 9.78 Å². The Morgan fingerprint density at radius 2 is 1.93 bits per heavy atom. The van der Waals surface area contributed by atoms with Crippen molar-refractivity contribution in [1.82, 2.24) is 19.4 Å². The van der Waals surface area contributed by atoms with Gasteiger partial charge in [0.05, 0.1) is 11.1 Å². The van der Waals surface area contributed by atoms with Gasteiger partial charge in [-0.2, -0.15) is 18.2 Å². The summed E-state index contributed by atoms with van der Waals surface area (Å²) < 4.78 is 46.8. The van der Waals surface area contributed by atoms with Crippen molar-refractivity contribution in [2.24, 2.45) is 0 Å². The number of nitrogen functional groups attached to an aromatic ring is 1. The molecule has 1 fully saturated rings. The van der Waals surface area contributed by atoms with Gasteiger partial charge in [0.15, 0.2) is 5.13 Å². The number of benzene rings is 1. The lowest BCUT2D eigenvalue weighted by atomic mass is 9.97. The number of aromatic nitrogens is 3. The molecule has 5 heterocycles. The van der Waals surface area contributed by atoms with Gasteiger partial charge in [0, 0.05) is 63.8 Å². The molecule has 1 unspecified atom stereocenters. The first-order valence-corrected chi connectivity index (χ1v) is 15.3. The van der Waals surface area contributed by atoms with E-state index in [0.29, 0.717) is 40.3 Å². The zero-order valence-electron chi connectivity index (χ0n) is 21.8. The standard InChI is InChI=1S/C26H25F3N6O2S3/c1-5-17(36)33-7-12(3)34(8-11(33)2)22-14-6-16(26(27,28)29)18(15-10-39-23-19(15)31-24(30)40-23)21-20(14)35(25(37)32-22)13(4)9-38-21/h5-6,10-13H,1,7-9H2,2-4H3,(H2,30,31)/t11-,12+,13?/m1/s1. The van der Waals surface area contributed by atoms with Crippen LogP contribution in [0.4, 0.5) is 24.1 Å². The van der Waals surface area contributed by atoms with Crippen molar-refractivity contribution in [2.75, 3.05) is 29.5 Å². The van der Waals surface area contributed by atoms with E-state index in [1.807, 2.05) is 25.7 Å². The number of thiazole rings is 1. The smallest absolute Gasteiger partial charge is 0.375 e. The Morgan fingerprint density at radius 3 is 2.62 bits per heavy atom. The van der Waals surface area contributed by atoms with Gasteiger partial charge in [-0.3, -0.25) is 9.36 Å². The van der Waals surface area contributed by atoms with Crippen LogP contribution in [-0.2, 0) is 11.0 Å². The van der Waals surface area contributed by atoms with Gasteiger partial charge in [-0.05, 0) is 32.9 Å². The molecule has 1 aromatic carbocycles. The van der Waals surface area contributed by atoms with E-state index in [1.54, 1.807) is 10.3 Å². The van der Waals surface area contributed by atoms with Crippen LogP contribution in [0.15, 0.2) is 33.8 Å². The van der Waals surface area contributed by atoms with Crippen molar-refractivity contribution in [2.45, 2.75) is 50.0 Å². The molecule has 1 amide bonds. The van der Waals surface area contributed by atoms with Gasteiger partial charge in [0.2, 0.25) is 5.91 Å². The molecular weight excluding hydrogens is 582 g/mol. The van der Waals surface area contributed by atoms with E-state index in [0.717, 1.165) is 10.1 Å². The fraction of sp³-hybridized carbons (Fsp3) is 0.385. The molecule has 2 N–H and O–H groups in total. The van der Waals surface area contributed by atoms with Crippen LogP contribution in [0, 0.1) is 0 Å². The highest BCUT2D eigenvalue weighted by Crippen LogP contribution is 2.52. The van der Waals surface area contributed by atoms with Gasteiger partial charge in [-0.15, -0.1) is 23.1 Å². The van der Waals surface area contributed by atoms with Crippen LogP contribution in [0.1, 0.15) is 32.4 Å². The molecule has 40 heavy (non-hydrogen) atoms. The SMILES string of the molecule is C=CC(=O)N1C[C@H](C)N(c2nc(=O)n3c4c(c(-c5csc6sc(N)nc56)c(C(F)(F)F)cc24)SCC3C)C[C@H]1C. The molecular formula is C26H25F3N6O2S3. The molecule has 0 bridgehead atoms. The number of rotatable bonds is 3. The summed E-state index contributed by atoms with van der Waals surface area (Å²) in [7, 11) is 0. The summed E-state index contributed by atoms with van der Waals surface area (Å²) in [5.41, 5.74) is 5.82. The van der Waals surface area contributed by atoms with Gasteiger partial charge in [0.25, 0.3) is 0 Å². The third-order valence-corrected chi connectivity index (χ3v) is 10.8. The third kappa shape index (κ3) is 4.10. The maximum absolute atomic E-state index is 14.9. The minimum absolute atomic E-state index is 0.0153. The van der Waals surface area contributed by atoms with Crippen molar-refractivity contribution in [3.05, 3.63) is 40.1 Å². The molecule has 2 aliphatic heterocycles. The monoisotopic (exact) mass is 606 g/mol. The first-order chi connectivity index (χ1) is 18.9. The first-order valence-electron chi connectivity index (χ1n) is 12.6. The van der Waals surface area contributed by atoms with E-state index >= 15 is 0 Å². The van der Waals surface area contributed by atoms with Crippen LogP contribution in [-0.4, -0.2) is 56.3 Å². The first kappa shape index (κ1) is 27.1. The van der Waals surface area contributed by atoms with Crippen LogP contribution in [0.5, 0.6) is 0 Å². The summed E-state index contributed by atoms with van der Waals surface area (Å²) in [6.45, 7) is 9.78. The summed E-state index contributed by atoms with van der Waals surface area (Å²) in [5.74, 6) is 0.394. The van der Waals surface area contributed by atoms with E-state index in [9.17, 15) is 22.8 Å². The zero-order valence-corrected chi connectivity index (χ0v) is 24.2. The minimum atomic E-state index is -4.69. The summed E-state index contributed by atoms with van der Waals surface area (Å²) in [6, 6.07) is 0.292. The number of amides is 1. The summed E-state index contributed by atoms with van der Waals surface area (Å²) in [6.07, 6.45) is -3.44. The normalized spacial score (nSPS) is 21.4. The topological polar surface area (TPSA) is 97.4 Å². The lowest BCUT2D eigenvalue weighted by Crippen LogP contribution is -2.58. The number of thiophene rings is 1. The number of carbonyl (C=O) groups excluding carboxylic acids is 1. The van der Waals surface area contributed by atoms with E-state index < -0.39 is 17.4 Å². The highest BCUT2D eigenvalue weighted by atomic mass is 32.2. The molecule has 1 saturated heterocycles. The Kier molecular flexibility index (Phi) is 6.42. The van der Waals surface area contributed by atoms with Crippen LogP contribution in [0.25, 0.3) is 31.6 Å². The molecule has 0 saturated carbocycles. The minimum Gasteiger partial charge on any atom is -0.375 e. The maximum Gasteiger partial charge on any atom is 0.417 e. The lowest BCUT2D eigenvalue weighted by Gasteiger charge is -2.45. The molecule has 4 aromatic rings. The number of alkyl halides is 3. The maximum atomic E-state index is 14.9. The number of halogens is 3. The summed E-state index contributed by atoms with van der Waals surface area (Å²) >= 11 is 3.85. The Bertz CT molecular complexity index is 1760. The molecule has 6 rings (SSSR count). The van der Waals surface area contributed by atoms with Crippen LogP contribution >= 0.6 is 34.4 Å². The largest absolute Gasteiger partial charge is 0.417 e. The zero-order chi connectivity index (χ0) is 28.7. The van der Waals surface area contributed by atoms with Crippen molar-refractivity contribution in [3.8, 4) is 11.1 Å². The van der Waals surface area contributed by atoms with Crippen molar-refractivity contribution >= 4 is 71.7 Å². The number of piperazine rings is 1. The molecule has 2 aliphatic rings. The molecule has 8 nitrogen and oxygen atoms in total. The number of carbonyl (C=O) groups is 1. The Hall–Kier alpha value is -3.10. The number of hydrogen-bond acceptors (Lipinski definition) is 9. The Balaban J connectivity index is 1.66. The number of fused-ring (bicyclic) bond motifs is 1. The van der Waals surface area contributed by atoms with E-state index in [-0.39, 0.29) is 45.9 Å². The Labute approximate surface area is 239 Å². The number of thioether (sulfide) groups is 1. The molecule has 0 spiro atoms. The molecule has 3 aromatic heterocycles. The van der Waals surface area contributed by atoms with Crippen molar-refractivity contribution < 1.29 is 18.0 Å². The average Bonchev–Trinajstić information content (AvgIpc) is 3.45. The molecule has 14 heteroatoms. The average molecular weight is 607 g/mol. The fourth-order valence-corrected chi connectivity index (χ4v) is 8.82. The van der Waals surface area contributed by atoms with Crippen LogP contribution in [0.3, 0.4) is 0 Å². The van der Waals surface area contributed by atoms with Crippen LogP contribution < -0.4 is 16.3 Å². The van der Waals surface area contributed by atoms with Crippen molar-refractivity contribution in [1.29, 1.82) is 0 Å². The molecule has 210 valence electrons.